The molecule has 3 N–H and O–H groups in total. The first kappa shape index (κ1) is 9.77. The lowest BCUT2D eigenvalue weighted by Gasteiger charge is -2.08. The average molecular weight is 229 g/mol. The molecule has 0 aliphatic rings. The number of methoxy groups -OCH3 is 1. The Hall–Kier alpha value is -2.43. The fourth-order valence-corrected chi connectivity index (χ4v) is 2.00. The minimum atomic E-state index is 0.289. The number of nitrogens with one attached hydrogen (secondary N) is 1. The second-order valence-electron chi connectivity index (χ2n) is 3.69. The molecule has 2 heterocycles. The van der Waals surface area contributed by atoms with Gasteiger partial charge in [0.1, 0.15) is 5.75 Å². The molecule has 0 unspecified atom stereocenters. The number of aromatic amines is 1. The van der Waals surface area contributed by atoms with Crippen LogP contribution in [0.5, 0.6) is 5.75 Å². The summed E-state index contributed by atoms with van der Waals surface area (Å²) < 4.78 is 10.3. The van der Waals surface area contributed by atoms with Gasteiger partial charge in [-0.2, -0.15) is 0 Å². The summed E-state index contributed by atoms with van der Waals surface area (Å²) >= 11 is 0. The molecule has 0 saturated carbocycles. The van der Waals surface area contributed by atoms with Crippen molar-refractivity contribution < 1.29 is 9.26 Å². The van der Waals surface area contributed by atoms with Crippen molar-refractivity contribution in [3.8, 4) is 16.9 Å². The molecule has 1 aromatic carbocycles. The van der Waals surface area contributed by atoms with E-state index in [1.165, 1.54) is 0 Å². The van der Waals surface area contributed by atoms with Crippen LogP contribution in [-0.4, -0.2) is 17.3 Å². The number of H-pyrrole nitrogens is 1. The Balaban J connectivity index is 2.39. The highest BCUT2D eigenvalue weighted by atomic mass is 16.5. The number of hydrogen-bond acceptors (Lipinski definition) is 4. The number of fused-ring (bicyclic) bond motifs is 1. The number of rotatable bonds is 2. The van der Waals surface area contributed by atoms with Crippen molar-refractivity contribution in [2.24, 2.45) is 0 Å². The summed E-state index contributed by atoms with van der Waals surface area (Å²) in [7, 11) is 1.63. The van der Waals surface area contributed by atoms with E-state index in [1.54, 1.807) is 13.3 Å². The van der Waals surface area contributed by atoms with Gasteiger partial charge in [0.2, 0.25) is 5.88 Å². The fourth-order valence-electron chi connectivity index (χ4n) is 2.00. The zero-order valence-electron chi connectivity index (χ0n) is 9.23. The third kappa shape index (κ3) is 1.36. The van der Waals surface area contributed by atoms with Crippen molar-refractivity contribution in [2.75, 3.05) is 12.8 Å². The molecule has 0 bridgehead atoms. The molecule has 0 atom stereocenters. The number of nitrogen functional groups attached to an aromatic ring is 1. The van der Waals surface area contributed by atoms with Crippen molar-refractivity contribution in [1.82, 2.24) is 10.1 Å². The Morgan fingerprint density at radius 3 is 2.94 bits per heavy atom. The zero-order valence-corrected chi connectivity index (χ0v) is 9.23. The molecule has 17 heavy (non-hydrogen) atoms. The molecule has 0 fully saturated rings. The van der Waals surface area contributed by atoms with Crippen molar-refractivity contribution >= 4 is 16.8 Å². The summed E-state index contributed by atoms with van der Waals surface area (Å²) in [6.45, 7) is 0. The van der Waals surface area contributed by atoms with E-state index in [-0.39, 0.29) is 5.88 Å². The number of benzene rings is 1. The van der Waals surface area contributed by atoms with Crippen LogP contribution in [0.1, 0.15) is 0 Å². The molecule has 0 aliphatic heterocycles. The lowest BCUT2D eigenvalue weighted by atomic mass is 10.0. The van der Waals surface area contributed by atoms with Crippen LogP contribution in [0.15, 0.2) is 35.1 Å². The van der Waals surface area contributed by atoms with Crippen LogP contribution in [0.4, 0.5) is 5.88 Å². The van der Waals surface area contributed by atoms with Crippen molar-refractivity contribution in [3.63, 3.8) is 0 Å². The SMILES string of the molecule is COc1ccc2[nH]ccc2c1-c1cnoc1N. The van der Waals surface area contributed by atoms with Crippen molar-refractivity contribution in [2.45, 2.75) is 0 Å². The summed E-state index contributed by atoms with van der Waals surface area (Å²) in [6, 6.07) is 5.82. The molecule has 0 amide bonds. The Morgan fingerprint density at radius 2 is 2.24 bits per heavy atom. The third-order valence-electron chi connectivity index (χ3n) is 2.78. The monoisotopic (exact) mass is 229 g/mol. The lowest BCUT2D eigenvalue weighted by molar-refractivity contribution is 0.417. The molecular weight excluding hydrogens is 218 g/mol. The first-order valence-corrected chi connectivity index (χ1v) is 5.16. The molecule has 0 aliphatic carbocycles. The first-order chi connectivity index (χ1) is 8.31. The Morgan fingerprint density at radius 1 is 1.35 bits per heavy atom. The van der Waals surface area contributed by atoms with Gasteiger partial charge in [-0.05, 0) is 18.2 Å². The normalized spacial score (nSPS) is 10.9. The number of anilines is 1. The van der Waals surface area contributed by atoms with Gasteiger partial charge in [-0.15, -0.1) is 0 Å². The van der Waals surface area contributed by atoms with Gasteiger partial charge >= 0.3 is 0 Å². The maximum atomic E-state index is 5.76. The van der Waals surface area contributed by atoms with Gasteiger partial charge in [0.15, 0.2) is 0 Å². The molecule has 5 nitrogen and oxygen atoms in total. The number of nitrogens with zero attached hydrogens (tertiary/aromatic N) is 1. The third-order valence-corrected chi connectivity index (χ3v) is 2.78. The molecule has 0 radical (unpaired) electrons. The molecule has 3 aromatic rings. The van der Waals surface area contributed by atoms with E-state index < -0.39 is 0 Å². The maximum Gasteiger partial charge on any atom is 0.230 e. The largest absolute Gasteiger partial charge is 0.496 e. The van der Waals surface area contributed by atoms with E-state index in [1.807, 2.05) is 24.4 Å². The van der Waals surface area contributed by atoms with Crippen LogP contribution in [0.2, 0.25) is 0 Å². The number of hydrogen-bond donors (Lipinski definition) is 2. The quantitative estimate of drug-likeness (QED) is 0.707. The molecule has 3 rings (SSSR count). The van der Waals surface area contributed by atoms with Crippen LogP contribution < -0.4 is 10.5 Å². The van der Waals surface area contributed by atoms with E-state index in [0.717, 1.165) is 27.8 Å². The number of nitrogens with two attached hydrogens (primary N) is 1. The van der Waals surface area contributed by atoms with Crippen LogP contribution >= 0.6 is 0 Å². The fraction of sp³-hybridized carbons (Fsp3) is 0.0833. The highest BCUT2D eigenvalue weighted by molar-refractivity contribution is 6.00. The first-order valence-electron chi connectivity index (χ1n) is 5.16. The van der Waals surface area contributed by atoms with Gasteiger partial charge in [-0.25, -0.2) is 0 Å². The molecule has 2 aromatic heterocycles. The van der Waals surface area contributed by atoms with Crippen molar-refractivity contribution in [3.05, 3.63) is 30.6 Å². The van der Waals surface area contributed by atoms with E-state index in [2.05, 4.69) is 10.1 Å². The van der Waals surface area contributed by atoms with Crippen LogP contribution in [0.3, 0.4) is 0 Å². The van der Waals surface area contributed by atoms with Crippen LogP contribution in [-0.2, 0) is 0 Å². The summed E-state index contributed by atoms with van der Waals surface area (Å²) in [6.07, 6.45) is 3.47. The highest BCUT2D eigenvalue weighted by Gasteiger charge is 2.16. The van der Waals surface area contributed by atoms with E-state index in [0.29, 0.717) is 0 Å². The van der Waals surface area contributed by atoms with Gasteiger partial charge in [-0.3, -0.25) is 0 Å². The lowest BCUT2D eigenvalue weighted by Crippen LogP contribution is -1.90. The van der Waals surface area contributed by atoms with E-state index >= 15 is 0 Å². The van der Waals surface area contributed by atoms with Gasteiger partial charge in [-0.1, -0.05) is 5.16 Å². The zero-order chi connectivity index (χ0) is 11.8. The minimum Gasteiger partial charge on any atom is -0.496 e. The number of aromatic nitrogens is 2. The molecule has 86 valence electrons. The smallest absolute Gasteiger partial charge is 0.230 e. The minimum absolute atomic E-state index is 0.289. The van der Waals surface area contributed by atoms with Crippen molar-refractivity contribution in [1.29, 1.82) is 0 Å². The standard InChI is InChI=1S/C12H11N3O2/c1-16-10-3-2-9-7(4-5-14-9)11(10)8-6-15-17-12(8)13/h2-6,14H,13H2,1H3. The second kappa shape index (κ2) is 3.55. The summed E-state index contributed by atoms with van der Waals surface area (Å²) in [5.41, 5.74) is 8.41. The summed E-state index contributed by atoms with van der Waals surface area (Å²) in [4.78, 5) is 3.15. The second-order valence-corrected chi connectivity index (χ2v) is 3.69. The van der Waals surface area contributed by atoms with Crippen LogP contribution in [0.25, 0.3) is 22.0 Å². The molecular formula is C12H11N3O2. The summed E-state index contributed by atoms with van der Waals surface area (Å²) in [5.74, 6) is 1.03. The predicted octanol–water partition coefficient (Wildman–Crippen LogP) is 2.41. The number of ether oxygens (including phenoxy) is 1. The topological polar surface area (TPSA) is 77.1 Å². The summed E-state index contributed by atoms with van der Waals surface area (Å²) in [5, 5.41) is 4.73. The molecule has 0 saturated heterocycles. The predicted molar refractivity (Wildman–Crippen MR) is 64.8 cm³/mol. The maximum absolute atomic E-state index is 5.76. The van der Waals surface area contributed by atoms with Gasteiger partial charge in [0.05, 0.1) is 18.9 Å². The van der Waals surface area contributed by atoms with E-state index in [4.69, 9.17) is 15.0 Å². The van der Waals surface area contributed by atoms with E-state index in [9.17, 15) is 0 Å². The average Bonchev–Trinajstić information content (AvgIpc) is 2.96. The van der Waals surface area contributed by atoms with Gasteiger partial charge < -0.3 is 20.0 Å². The highest BCUT2D eigenvalue weighted by Crippen LogP contribution is 2.39. The Kier molecular flexibility index (Phi) is 2.04. The Labute approximate surface area is 97.2 Å². The Bertz CT molecular complexity index is 669. The molecule has 5 heteroatoms. The van der Waals surface area contributed by atoms with Gasteiger partial charge in [0.25, 0.3) is 0 Å². The van der Waals surface area contributed by atoms with Gasteiger partial charge in [0, 0.05) is 22.7 Å². The molecule has 0 spiro atoms. The van der Waals surface area contributed by atoms with Crippen LogP contribution in [0, 0.1) is 0 Å².